The van der Waals surface area contributed by atoms with Gasteiger partial charge in [0, 0.05) is 39.4 Å². The number of carbonyl (C=O) groups excluding carboxylic acids is 1. The number of halogens is 2. The van der Waals surface area contributed by atoms with Gasteiger partial charge in [-0.3, -0.25) is 9.69 Å². The summed E-state index contributed by atoms with van der Waals surface area (Å²) in [6.45, 7) is 2.35. The van der Waals surface area contributed by atoms with Crippen molar-refractivity contribution in [1.29, 1.82) is 0 Å². The largest absolute Gasteiger partial charge is 0.486 e. The summed E-state index contributed by atoms with van der Waals surface area (Å²) < 4.78 is 7.48. The number of rotatable bonds is 8. The standard InChI is InChI=1S/C31H29Cl2N3O4/c1-34-19-24(31(38)39)29(40-20-21-12-13-25(32)26(33)18-21)28(34)30(37)36-16-14-35(15-17-36)27(22-8-4-2-5-9-22)23-10-6-3-7-11-23/h2-13,18-19,27H,14-17,20H2,1H3,(H,38,39). The Bertz CT molecular complexity index is 1460. The summed E-state index contributed by atoms with van der Waals surface area (Å²) in [7, 11) is 1.66. The van der Waals surface area contributed by atoms with Crippen LogP contribution in [0.3, 0.4) is 0 Å². The maximum absolute atomic E-state index is 13.8. The second kappa shape index (κ2) is 12.2. The zero-order chi connectivity index (χ0) is 28.2. The van der Waals surface area contributed by atoms with Crippen LogP contribution >= 0.6 is 23.2 Å². The number of benzene rings is 3. The van der Waals surface area contributed by atoms with E-state index in [9.17, 15) is 14.7 Å². The van der Waals surface area contributed by atoms with Crippen LogP contribution in [-0.4, -0.2) is 57.5 Å². The highest BCUT2D eigenvalue weighted by atomic mass is 35.5. The average Bonchev–Trinajstić information content (AvgIpc) is 3.31. The minimum atomic E-state index is -1.17. The van der Waals surface area contributed by atoms with E-state index in [0.717, 1.165) is 0 Å². The number of hydrogen-bond acceptors (Lipinski definition) is 4. The number of aromatic nitrogens is 1. The molecule has 0 radical (unpaired) electrons. The summed E-state index contributed by atoms with van der Waals surface area (Å²) >= 11 is 12.1. The van der Waals surface area contributed by atoms with Crippen LogP contribution in [0.15, 0.2) is 85.1 Å². The van der Waals surface area contributed by atoms with Crippen LogP contribution < -0.4 is 4.74 Å². The third kappa shape index (κ3) is 5.87. The van der Waals surface area contributed by atoms with Crippen molar-refractivity contribution >= 4 is 35.1 Å². The molecule has 0 unspecified atom stereocenters. The Labute approximate surface area is 243 Å². The van der Waals surface area contributed by atoms with E-state index in [1.54, 1.807) is 30.1 Å². The van der Waals surface area contributed by atoms with Gasteiger partial charge in [-0.2, -0.15) is 0 Å². The van der Waals surface area contributed by atoms with Gasteiger partial charge in [-0.25, -0.2) is 4.79 Å². The molecule has 1 saturated heterocycles. The lowest BCUT2D eigenvalue weighted by atomic mass is 9.96. The number of nitrogens with zero attached hydrogens (tertiary/aromatic N) is 3. The SMILES string of the molecule is Cn1cc(C(=O)O)c(OCc2ccc(Cl)c(Cl)c2)c1C(=O)N1CCN(C(c2ccccc2)c2ccccc2)CC1. The topological polar surface area (TPSA) is 75.0 Å². The average molecular weight is 578 g/mol. The molecule has 1 N–H and O–H groups in total. The normalized spacial score (nSPS) is 13.9. The fourth-order valence-corrected chi connectivity index (χ4v) is 5.47. The van der Waals surface area contributed by atoms with Crippen molar-refractivity contribution in [3.63, 3.8) is 0 Å². The molecule has 3 aromatic carbocycles. The van der Waals surface area contributed by atoms with Crippen LogP contribution in [0.2, 0.25) is 10.0 Å². The van der Waals surface area contributed by atoms with Gasteiger partial charge in [0.1, 0.15) is 12.2 Å². The van der Waals surface area contributed by atoms with Crippen molar-refractivity contribution in [2.45, 2.75) is 12.6 Å². The number of piperazine rings is 1. The number of carboxylic acids is 1. The Morgan fingerprint density at radius 1 is 0.875 bits per heavy atom. The van der Waals surface area contributed by atoms with E-state index in [1.165, 1.54) is 21.9 Å². The van der Waals surface area contributed by atoms with Crippen molar-refractivity contribution < 1.29 is 19.4 Å². The summed E-state index contributed by atoms with van der Waals surface area (Å²) in [5, 5.41) is 10.6. The predicted molar refractivity (Wildman–Crippen MR) is 155 cm³/mol. The van der Waals surface area contributed by atoms with E-state index in [4.69, 9.17) is 27.9 Å². The fraction of sp³-hybridized carbons (Fsp3) is 0.226. The number of ether oxygens (including phenoxy) is 1. The molecule has 1 fully saturated rings. The number of amides is 1. The first kappa shape index (κ1) is 27.8. The Morgan fingerprint density at radius 2 is 1.48 bits per heavy atom. The quantitative estimate of drug-likeness (QED) is 0.271. The van der Waals surface area contributed by atoms with E-state index in [1.807, 2.05) is 36.4 Å². The Morgan fingerprint density at radius 3 is 2.02 bits per heavy atom. The smallest absolute Gasteiger partial charge is 0.341 e. The lowest BCUT2D eigenvalue weighted by Crippen LogP contribution is -2.50. The summed E-state index contributed by atoms with van der Waals surface area (Å²) in [6.07, 6.45) is 1.41. The summed E-state index contributed by atoms with van der Waals surface area (Å²) in [5.74, 6) is -1.40. The summed E-state index contributed by atoms with van der Waals surface area (Å²) in [5.41, 5.74) is 3.22. The molecular weight excluding hydrogens is 549 g/mol. The summed E-state index contributed by atoms with van der Waals surface area (Å²) in [4.78, 5) is 29.9. The van der Waals surface area contributed by atoms with Gasteiger partial charge in [-0.15, -0.1) is 0 Å². The van der Waals surface area contributed by atoms with Crippen molar-refractivity contribution in [3.05, 3.63) is 123 Å². The molecular formula is C31H29Cl2N3O4. The minimum Gasteiger partial charge on any atom is -0.486 e. The van der Waals surface area contributed by atoms with Crippen LogP contribution in [0.1, 0.15) is 43.6 Å². The van der Waals surface area contributed by atoms with Gasteiger partial charge in [0.05, 0.1) is 16.1 Å². The minimum absolute atomic E-state index is 0.0328. The first-order chi connectivity index (χ1) is 19.3. The zero-order valence-electron chi connectivity index (χ0n) is 22.0. The van der Waals surface area contributed by atoms with Gasteiger partial charge in [-0.05, 0) is 28.8 Å². The first-order valence-electron chi connectivity index (χ1n) is 13.0. The Balaban J connectivity index is 1.35. The molecule has 206 valence electrons. The molecule has 4 aromatic rings. The molecule has 1 amide bonds. The zero-order valence-corrected chi connectivity index (χ0v) is 23.5. The highest BCUT2D eigenvalue weighted by Gasteiger charge is 2.33. The van der Waals surface area contributed by atoms with E-state index in [0.29, 0.717) is 41.8 Å². The number of hydrogen-bond donors (Lipinski definition) is 1. The van der Waals surface area contributed by atoms with E-state index in [-0.39, 0.29) is 35.6 Å². The van der Waals surface area contributed by atoms with E-state index >= 15 is 0 Å². The Kier molecular flexibility index (Phi) is 8.45. The number of carbonyl (C=O) groups is 2. The van der Waals surface area contributed by atoms with Gasteiger partial charge < -0.3 is 19.3 Å². The molecule has 0 atom stereocenters. The predicted octanol–water partition coefficient (Wildman–Crippen LogP) is 6.16. The van der Waals surface area contributed by atoms with E-state index in [2.05, 4.69) is 29.2 Å². The van der Waals surface area contributed by atoms with Crippen molar-refractivity contribution in [2.75, 3.05) is 26.2 Å². The first-order valence-corrected chi connectivity index (χ1v) is 13.7. The summed E-state index contributed by atoms with van der Waals surface area (Å²) in [6, 6.07) is 25.8. The third-order valence-corrected chi connectivity index (χ3v) is 7.87. The molecule has 7 nitrogen and oxygen atoms in total. The molecule has 0 aliphatic carbocycles. The second-order valence-electron chi connectivity index (χ2n) is 9.73. The third-order valence-electron chi connectivity index (χ3n) is 7.13. The van der Waals surface area contributed by atoms with Gasteiger partial charge in [0.2, 0.25) is 0 Å². The van der Waals surface area contributed by atoms with Crippen molar-refractivity contribution in [2.24, 2.45) is 7.05 Å². The molecule has 1 aromatic heterocycles. The van der Waals surface area contributed by atoms with Crippen LogP contribution in [0, 0.1) is 0 Å². The van der Waals surface area contributed by atoms with Gasteiger partial charge in [0.15, 0.2) is 11.4 Å². The van der Waals surface area contributed by atoms with Crippen molar-refractivity contribution in [1.82, 2.24) is 14.4 Å². The molecule has 5 rings (SSSR count). The van der Waals surface area contributed by atoms with E-state index < -0.39 is 5.97 Å². The highest BCUT2D eigenvalue weighted by molar-refractivity contribution is 6.42. The lowest BCUT2D eigenvalue weighted by Gasteiger charge is -2.39. The number of aryl methyl sites for hydroxylation is 1. The number of carboxylic acid groups (broad SMARTS) is 1. The molecule has 40 heavy (non-hydrogen) atoms. The van der Waals surface area contributed by atoms with Crippen LogP contribution in [-0.2, 0) is 13.7 Å². The molecule has 2 heterocycles. The molecule has 0 spiro atoms. The van der Waals surface area contributed by atoms with Crippen molar-refractivity contribution in [3.8, 4) is 5.75 Å². The molecule has 0 bridgehead atoms. The number of aromatic carboxylic acids is 1. The maximum atomic E-state index is 13.8. The van der Waals surface area contributed by atoms with Crippen LogP contribution in [0.25, 0.3) is 0 Å². The highest BCUT2D eigenvalue weighted by Crippen LogP contribution is 2.32. The van der Waals surface area contributed by atoms with Crippen LogP contribution in [0.4, 0.5) is 0 Å². The van der Waals surface area contributed by atoms with Gasteiger partial charge in [0.25, 0.3) is 5.91 Å². The van der Waals surface area contributed by atoms with Crippen LogP contribution in [0.5, 0.6) is 5.75 Å². The molecule has 9 heteroatoms. The van der Waals surface area contributed by atoms with Gasteiger partial charge >= 0.3 is 5.97 Å². The lowest BCUT2D eigenvalue weighted by molar-refractivity contribution is 0.0583. The molecule has 1 aliphatic rings. The Hall–Kier alpha value is -3.78. The molecule has 1 aliphatic heterocycles. The maximum Gasteiger partial charge on any atom is 0.341 e. The fourth-order valence-electron chi connectivity index (χ4n) is 5.15. The van der Waals surface area contributed by atoms with Gasteiger partial charge in [-0.1, -0.05) is 89.9 Å². The molecule has 0 saturated carbocycles. The second-order valence-corrected chi connectivity index (χ2v) is 10.5. The monoisotopic (exact) mass is 577 g/mol.